The number of H-pyrrole nitrogens is 1. The molecule has 1 aliphatic rings. The largest absolute Gasteiger partial charge is 0.497 e. The van der Waals surface area contributed by atoms with Gasteiger partial charge in [0, 0.05) is 43.2 Å². The first-order valence-corrected chi connectivity index (χ1v) is 12.1. The van der Waals surface area contributed by atoms with Crippen LogP contribution < -0.4 is 4.74 Å². The van der Waals surface area contributed by atoms with Crippen molar-refractivity contribution in [3.05, 3.63) is 102 Å². The number of ether oxygens (including phenoxy) is 1. The smallest absolute Gasteiger partial charge is 0.222 e. The van der Waals surface area contributed by atoms with Gasteiger partial charge in [-0.3, -0.25) is 10.00 Å². The number of aromatic nitrogens is 4. The number of methoxy groups -OCH3 is 1. The van der Waals surface area contributed by atoms with E-state index in [9.17, 15) is 5.11 Å². The molecule has 7 heteroatoms. The lowest BCUT2D eigenvalue weighted by Crippen LogP contribution is -2.20. The molecule has 0 aliphatic carbocycles. The van der Waals surface area contributed by atoms with Gasteiger partial charge >= 0.3 is 0 Å². The molecule has 1 fully saturated rings. The van der Waals surface area contributed by atoms with Gasteiger partial charge in [-0.15, -0.1) is 0 Å². The third-order valence-corrected chi connectivity index (χ3v) is 7.04. The normalized spacial score (nSPS) is 18.0. The van der Waals surface area contributed by atoms with Gasteiger partial charge in [0.2, 0.25) is 5.88 Å². The predicted octanol–water partition coefficient (Wildman–Crippen LogP) is 5.12. The first-order valence-electron chi connectivity index (χ1n) is 12.1. The molecule has 1 aliphatic heterocycles. The highest BCUT2D eigenvalue weighted by Gasteiger charge is 2.37. The molecule has 2 unspecified atom stereocenters. The second-order valence-electron chi connectivity index (χ2n) is 9.29. The Kier molecular flexibility index (Phi) is 5.83. The van der Waals surface area contributed by atoms with Gasteiger partial charge in [-0.25, -0.2) is 4.98 Å². The molecule has 2 N–H and O–H groups in total. The lowest BCUT2D eigenvalue weighted by atomic mass is 9.88. The molecule has 3 heterocycles. The highest BCUT2D eigenvalue weighted by Crippen LogP contribution is 2.41. The number of fused-ring (bicyclic) bond motifs is 1. The zero-order valence-corrected chi connectivity index (χ0v) is 20.0. The monoisotopic (exact) mass is 477 g/mol. The molecule has 0 bridgehead atoms. The maximum Gasteiger partial charge on any atom is 0.222 e. The maximum absolute atomic E-state index is 11.0. The van der Waals surface area contributed by atoms with Crippen molar-refractivity contribution in [3.63, 3.8) is 0 Å². The summed E-state index contributed by atoms with van der Waals surface area (Å²) in [5.41, 5.74) is 5.14. The number of aromatic hydroxyl groups is 1. The molecule has 1 saturated heterocycles. The second-order valence-corrected chi connectivity index (χ2v) is 9.29. The fourth-order valence-electron chi connectivity index (χ4n) is 5.19. The highest BCUT2D eigenvalue weighted by molar-refractivity contribution is 5.88. The fraction of sp³-hybridized carbons (Fsp3) is 0.207. The Morgan fingerprint density at radius 2 is 1.75 bits per heavy atom. The van der Waals surface area contributed by atoms with Crippen LogP contribution in [-0.2, 0) is 6.54 Å². The first kappa shape index (κ1) is 22.2. The number of likely N-dealkylation sites (tertiary alicyclic amines) is 1. The van der Waals surface area contributed by atoms with Crippen LogP contribution in [0, 0.1) is 0 Å². The molecule has 0 spiro atoms. The Bertz CT molecular complexity index is 1470. The van der Waals surface area contributed by atoms with E-state index in [1.165, 1.54) is 11.1 Å². The third kappa shape index (κ3) is 4.29. The lowest BCUT2D eigenvalue weighted by molar-refractivity contribution is 0.322. The molecular formula is C29H27N5O2. The highest BCUT2D eigenvalue weighted by atomic mass is 16.5. The summed E-state index contributed by atoms with van der Waals surface area (Å²) in [4.78, 5) is 12.0. The van der Waals surface area contributed by atoms with Crippen molar-refractivity contribution < 1.29 is 9.84 Å². The molecule has 3 aromatic carbocycles. The molecule has 6 rings (SSSR count). The minimum Gasteiger partial charge on any atom is -0.497 e. The van der Waals surface area contributed by atoms with Crippen molar-refractivity contribution >= 4 is 10.9 Å². The van der Waals surface area contributed by atoms with Crippen LogP contribution in [0.1, 0.15) is 28.8 Å². The molecular weight excluding hydrogens is 450 g/mol. The molecule has 0 amide bonds. The van der Waals surface area contributed by atoms with E-state index in [2.05, 4.69) is 56.5 Å². The maximum atomic E-state index is 11.0. The van der Waals surface area contributed by atoms with E-state index in [4.69, 9.17) is 9.72 Å². The zero-order valence-electron chi connectivity index (χ0n) is 20.0. The minimum absolute atomic E-state index is 0.00957. The Hall–Kier alpha value is -4.23. The quantitative estimate of drug-likeness (QED) is 0.353. The fourth-order valence-corrected chi connectivity index (χ4v) is 5.19. The van der Waals surface area contributed by atoms with Crippen molar-refractivity contribution in [1.82, 2.24) is 25.1 Å². The van der Waals surface area contributed by atoms with Crippen LogP contribution in [0.5, 0.6) is 11.6 Å². The van der Waals surface area contributed by atoms with Gasteiger partial charge in [-0.05, 0) is 41.0 Å². The second kappa shape index (κ2) is 9.43. The van der Waals surface area contributed by atoms with E-state index in [1.807, 2.05) is 42.6 Å². The lowest BCUT2D eigenvalue weighted by Gasteiger charge is -2.19. The summed E-state index contributed by atoms with van der Waals surface area (Å²) < 4.78 is 5.37. The number of benzene rings is 3. The van der Waals surface area contributed by atoms with E-state index >= 15 is 0 Å². The van der Waals surface area contributed by atoms with E-state index in [1.54, 1.807) is 13.3 Å². The van der Waals surface area contributed by atoms with Crippen LogP contribution in [0.4, 0.5) is 0 Å². The molecule has 5 aromatic rings. The standard InChI is InChI=1S/C29H27N5O2/c1-36-23-10-7-20(8-11-23)25-17-34(16-19-5-3-2-4-6-19)18-26(25)28-32-27-12-9-21(22-14-30-31-15-22)13-24(27)29(35)33-28/h2-15,25-26H,16-18H2,1H3,(H,30,31)(H,32,33,35). The number of hydrogen-bond donors (Lipinski definition) is 2. The van der Waals surface area contributed by atoms with Crippen molar-refractivity contribution in [2.45, 2.75) is 18.4 Å². The Labute approximate surface area is 209 Å². The van der Waals surface area contributed by atoms with Crippen LogP contribution in [0.15, 0.2) is 85.2 Å². The summed E-state index contributed by atoms with van der Waals surface area (Å²) in [5, 5.41) is 18.4. The SMILES string of the molecule is COc1ccc(C2CN(Cc3ccccc3)CC2c2nc(O)c3cc(-c4cn[nH]c4)ccc3n2)cc1. The topological polar surface area (TPSA) is 87.2 Å². The Morgan fingerprint density at radius 3 is 2.50 bits per heavy atom. The number of nitrogens with one attached hydrogen (secondary N) is 1. The molecule has 2 aromatic heterocycles. The number of aromatic amines is 1. The Balaban J connectivity index is 1.36. The van der Waals surface area contributed by atoms with Crippen LogP contribution in [0.25, 0.3) is 22.0 Å². The number of hydrogen-bond acceptors (Lipinski definition) is 6. The molecule has 7 nitrogen and oxygen atoms in total. The summed E-state index contributed by atoms with van der Waals surface area (Å²) in [6, 6.07) is 24.6. The average Bonchev–Trinajstić information content (AvgIpc) is 3.60. The summed E-state index contributed by atoms with van der Waals surface area (Å²) in [5.74, 6) is 1.76. The van der Waals surface area contributed by atoms with Crippen molar-refractivity contribution in [1.29, 1.82) is 0 Å². The van der Waals surface area contributed by atoms with Crippen LogP contribution in [0.3, 0.4) is 0 Å². The van der Waals surface area contributed by atoms with Crippen LogP contribution in [0.2, 0.25) is 0 Å². The Morgan fingerprint density at radius 1 is 0.944 bits per heavy atom. The number of nitrogens with zero attached hydrogens (tertiary/aromatic N) is 4. The zero-order chi connectivity index (χ0) is 24.5. The third-order valence-electron chi connectivity index (χ3n) is 7.04. The van der Waals surface area contributed by atoms with Gasteiger partial charge in [-0.1, -0.05) is 48.5 Å². The van der Waals surface area contributed by atoms with Gasteiger partial charge < -0.3 is 9.84 Å². The minimum atomic E-state index is 0.00957. The van der Waals surface area contributed by atoms with Crippen molar-refractivity contribution in [2.24, 2.45) is 0 Å². The summed E-state index contributed by atoms with van der Waals surface area (Å²) in [6.45, 7) is 2.55. The molecule has 0 saturated carbocycles. The molecule has 180 valence electrons. The van der Waals surface area contributed by atoms with E-state index < -0.39 is 0 Å². The van der Waals surface area contributed by atoms with Crippen LogP contribution in [-0.4, -0.2) is 50.4 Å². The number of rotatable bonds is 6. The summed E-state index contributed by atoms with van der Waals surface area (Å²) in [6.07, 6.45) is 3.58. The van der Waals surface area contributed by atoms with E-state index in [0.29, 0.717) is 11.2 Å². The van der Waals surface area contributed by atoms with Gasteiger partial charge in [0.05, 0.1) is 24.2 Å². The van der Waals surface area contributed by atoms with Crippen molar-refractivity contribution in [3.8, 4) is 22.8 Å². The van der Waals surface area contributed by atoms with Crippen LogP contribution >= 0.6 is 0 Å². The van der Waals surface area contributed by atoms with Crippen molar-refractivity contribution in [2.75, 3.05) is 20.2 Å². The van der Waals surface area contributed by atoms with E-state index in [-0.39, 0.29) is 17.7 Å². The molecule has 0 radical (unpaired) electrons. The van der Waals surface area contributed by atoms with E-state index in [0.717, 1.165) is 42.0 Å². The predicted molar refractivity (Wildman–Crippen MR) is 139 cm³/mol. The van der Waals surface area contributed by atoms with Gasteiger partial charge in [0.15, 0.2) is 0 Å². The van der Waals surface area contributed by atoms with Gasteiger partial charge in [0.1, 0.15) is 11.6 Å². The summed E-state index contributed by atoms with van der Waals surface area (Å²) in [7, 11) is 1.68. The molecule has 2 atom stereocenters. The average molecular weight is 478 g/mol. The van der Waals surface area contributed by atoms with Gasteiger partial charge in [-0.2, -0.15) is 10.1 Å². The first-order chi connectivity index (χ1) is 17.7. The summed E-state index contributed by atoms with van der Waals surface area (Å²) >= 11 is 0. The van der Waals surface area contributed by atoms with Gasteiger partial charge in [0.25, 0.3) is 0 Å². The molecule has 36 heavy (non-hydrogen) atoms.